The molecule has 5 heteroatoms. The third kappa shape index (κ3) is 7.50. The highest BCUT2D eigenvalue weighted by atomic mass is 16.5. The minimum atomic E-state index is -0.0958. The summed E-state index contributed by atoms with van der Waals surface area (Å²) >= 11 is 0. The van der Waals surface area contributed by atoms with Crippen molar-refractivity contribution in [3.8, 4) is 0 Å². The van der Waals surface area contributed by atoms with Crippen LogP contribution in [0.4, 0.5) is 0 Å². The van der Waals surface area contributed by atoms with Crippen LogP contribution in [0.5, 0.6) is 0 Å². The van der Waals surface area contributed by atoms with Crippen molar-refractivity contribution in [1.29, 1.82) is 0 Å². The van der Waals surface area contributed by atoms with Gasteiger partial charge in [-0.25, -0.2) is 0 Å². The van der Waals surface area contributed by atoms with Gasteiger partial charge in [-0.05, 0) is 32.9 Å². The number of ether oxygens (including phenoxy) is 1. The van der Waals surface area contributed by atoms with E-state index < -0.39 is 0 Å². The van der Waals surface area contributed by atoms with Crippen molar-refractivity contribution in [2.24, 2.45) is 0 Å². The van der Waals surface area contributed by atoms with E-state index in [-0.39, 0.29) is 11.9 Å². The summed E-state index contributed by atoms with van der Waals surface area (Å²) in [6.45, 7) is 10.6. The second-order valence-electron chi connectivity index (χ2n) is 5.13. The van der Waals surface area contributed by atoms with E-state index in [1.807, 2.05) is 6.92 Å². The van der Waals surface area contributed by atoms with Crippen molar-refractivity contribution >= 4 is 5.91 Å². The first-order valence-electron chi connectivity index (χ1n) is 7.55. The Morgan fingerprint density at radius 3 is 2.68 bits per heavy atom. The summed E-state index contributed by atoms with van der Waals surface area (Å²) in [5.41, 5.74) is 0. The number of nitrogens with zero attached hydrogens (tertiary/aromatic N) is 1. The van der Waals surface area contributed by atoms with Crippen LogP contribution in [-0.4, -0.2) is 62.8 Å². The van der Waals surface area contributed by atoms with E-state index in [0.717, 1.165) is 65.2 Å². The van der Waals surface area contributed by atoms with E-state index in [0.29, 0.717) is 0 Å². The topological polar surface area (TPSA) is 53.6 Å². The lowest BCUT2D eigenvalue weighted by Crippen LogP contribution is -2.43. The zero-order valence-corrected chi connectivity index (χ0v) is 12.4. The van der Waals surface area contributed by atoms with Gasteiger partial charge in [0.2, 0.25) is 5.91 Å². The monoisotopic (exact) mass is 271 g/mol. The van der Waals surface area contributed by atoms with Crippen LogP contribution in [0.3, 0.4) is 0 Å². The van der Waals surface area contributed by atoms with E-state index in [4.69, 9.17) is 4.74 Å². The maximum Gasteiger partial charge on any atom is 0.236 e. The lowest BCUT2D eigenvalue weighted by Gasteiger charge is -2.26. The van der Waals surface area contributed by atoms with Gasteiger partial charge in [-0.2, -0.15) is 0 Å². The van der Waals surface area contributed by atoms with Gasteiger partial charge in [0.25, 0.3) is 0 Å². The van der Waals surface area contributed by atoms with Gasteiger partial charge in [-0.15, -0.1) is 0 Å². The van der Waals surface area contributed by atoms with Crippen LogP contribution in [0.15, 0.2) is 0 Å². The van der Waals surface area contributed by atoms with Gasteiger partial charge >= 0.3 is 0 Å². The molecular weight excluding hydrogens is 242 g/mol. The second-order valence-corrected chi connectivity index (χ2v) is 5.13. The molecule has 2 N–H and O–H groups in total. The third-order valence-electron chi connectivity index (χ3n) is 3.43. The Morgan fingerprint density at radius 2 is 2.00 bits per heavy atom. The van der Waals surface area contributed by atoms with Crippen LogP contribution in [0, 0.1) is 0 Å². The fraction of sp³-hybridized carbons (Fsp3) is 0.929. The summed E-state index contributed by atoms with van der Waals surface area (Å²) in [5, 5.41) is 6.22. The third-order valence-corrected chi connectivity index (χ3v) is 3.43. The van der Waals surface area contributed by atoms with Crippen molar-refractivity contribution in [3.05, 3.63) is 0 Å². The molecule has 1 aliphatic rings. The molecule has 1 heterocycles. The smallest absolute Gasteiger partial charge is 0.236 e. The molecule has 0 aromatic carbocycles. The first-order valence-corrected chi connectivity index (χ1v) is 7.55. The molecule has 0 aromatic heterocycles. The largest absolute Gasteiger partial charge is 0.379 e. The van der Waals surface area contributed by atoms with E-state index >= 15 is 0 Å². The summed E-state index contributed by atoms with van der Waals surface area (Å²) < 4.78 is 5.31. The van der Waals surface area contributed by atoms with Gasteiger partial charge in [0.1, 0.15) is 0 Å². The van der Waals surface area contributed by atoms with Crippen LogP contribution >= 0.6 is 0 Å². The molecule has 1 amide bonds. The summed E-state index contributed by atoms with van der Waals surface area (Å²) in [6.07, 6.45) is 3.24. The Labute approximate surface area is 117 Å². The molecule has 1 fully saturated rings. The Morgan fingerprint density at radius 1 is 1.26 bits per heavy atom. The van der Waals surface area contributed by atoms with Crippen molar-refractivity contribution in [3.63, 3.8) is 0 Å². The average molecular weight is 271 g/mol. The quantitative estimate of drug-likeness (QED) is 0.603. The van der Waals surface area contributed by atoms with Gasteiger partial charge in [0.05, 0.1) is 19.3 Å². The van der Waals surface area contributed by atoms with Gasteiger partial charge in [0, 0.05) is 19.6 Å². The summed E-state index contributed by atoms with van der Waals surface area (Å²) in [4.78, 5) is 14.1. The van der Waals surface area contributed by atoms with Crippen LogP contribution in [0.1, 0.15) is 33.1 Å². The fourth-order valence-corrected chi connectivity index (χ4v) is 2.08. The number of rotatable bonds is 9. The van der Waals surface area contributed by atoms with E-state index in [1.54, 1.807) is 0 Å². The first kappa shape index (κ1) is 16.4. The van der Waals surface area contributed by atoms with Gasteiger partial charge in [0.15, 0.2) is 0 Å². The van der Waals surface area contributed by atoms with Crippen molar-refractivity contribution in [1.82, 2.24) is 15.5 Å². The van der Waals surface area contributed by atoms with Crippen LogP contribution in [0.2, 0.25) is 0 Å². The summed E-state index contributed by atoms with van der Waals surface area (Å²) in [5.74, 6) is 0.111. The van der Waals surface area contributed by atoms with E-state index in [2.05, 4.69) is 22.5 Å². The SMILES string of the molecule is CCCCNC(=O)C(C)NCCCN1CCOCC1. The average Bonchev–Trinajstić information content (AvgIpc) is 2.44. The molecule has 0 bridgehead atoms. The normalized spacial score (nSPS) is 18.2. The molecule has 5 nitrogen and oxygen atoms in total. The first-order chi connectivity index (χ1) is 9.24. The van der Waals surface area contributed by atoms with E-state index in [9.17, 15) is 4.79 Å². The van der Waals surface area contributed by atoms with Crippen LogP contribution in [0.25, 0.3) is 0 Å². The number of carbonyl (C=O) groups is 1. The van der Waals surface area contributed by atoms with Crippen molar-refractivity contribution in [2.45, 2.75) is 39.2 Å². The number of amides is 1. The molecule has 0 spiro atoms. The lowest BCUT2D eigenvalue weighted by atomic mass is 10.2. The van der Waals surface area contributed by atoms with Gasteiger partial charge < -0.3 is 15.4 Å². The standard InChI is InChI=1S/C14H29N3O2/c1-3-4-6-16-14(18)13(2)15-7-5-8-17-9-11-19-12-10-17/h13,15H,3-12H2,1-2H3,(H,16,18). The predicted molar refractivity (Wildman–Crippen MR) is 77.3 cm³/mol. The van der Waals surface area contributed by atoms with Crippen LogP contribution in [-0.2, 0) is 9.53 Å². The fourth-order valence-electron chi connectivity index (χ4n) is 2.08. The highest BCUT2D eigenvalue weighted by Gasteiger charge is 2.12. The Balaban J connectivity index is 1.99. The van der Waals surface area contributed by atoms with Gasteiger partial charge in [-0.1, -0.05) is 13.3 Å². The molecule has 1 aliphatic heterocycles. The molecule has 0 saturated carbocycles. The molecule has 1 unspecified atom stereocenters. The minimum absolute atomic E-state index is 0.0958. The molecule has 1 rings (SSSR count). The van der Waals surface area contributed by atoms with Crippen LogP contribution < -0.4 is 10.6 Å². The molecule has 19 heavy (non-hydrogen) atoms. The number of hydrogen-bond donors (Lipinski definition) is 2. The van der Waals surface area contributed by atoms with Crippen molar-refractivity contribution in [2.75, 3.05) is 45.9 Å². The van der Waals surface area contributed by atoms with Crippen molar-refractivity contribution < 1.29 is 9.53 Å². The number of morpholine rings is 1. The number of carbonyl (C=O) groups excluding carboxylic acids is 1. The summed E-state index contributed by atoms with van der Waals surface area (Å²) in [6, 6.07) is -0.0958. The highest BCUT2D eigenvalue weighted by Crippen LogP contribution is 1.97. The summed E-state index contributed by atoms with van der Waals surface area (Å²) in [7, 11) is 0. The molecule has 1 saturated heterocycles. The number of hydrogen-bond acceptors (Lipinski definition) is 4. The molecule has 0 aliphatic carbocycles. The molecule has 1 atom stereocenters. The maximum atomic E-state index is 11.7. The minimum Gasteiger partial charge on any atom is -0.379 e. The number of unbranched alkanes of at least 4 members (excludes halogenated alkanes) is 1. The van der Waals surface area contributed by atoms with Gasteiger partial charge in [-0.3, -0.25) is 9.69 Å². The lowest BCUT2D eigenvalue weighted by molar-refractivity contribution is -0.122. The molecule has 112 valence electrons. The Bertz CT molecular complexity index is 243. The Hall–Kier alpha value is -0.650. The number of nitrogens with one attached hydrogen (secondary N) is 2. The van der Waals surface area contributed by atoms with E-state index in [1.165, 1.54) is 0 Å². The predicted octanol–water partition coefficient (Wildman–Crippen LogP) is 0.603. The Kier molecular flexibility index (Phi) is 8.79. The zero-order valence-electron chi connectivity index (χ0n) is 12.4. The molecular formula is C14H29N3O2. The molecule has 0 radical (unpaired) electrons. The highest BCUT2D eigenvalue weighted by molar-refractivity contribution is 5.81. The second kappa shape index (κ2) is 10.2. The maximum absolute atomic E-state index is 11.7. The molecule has 0 aromatic rings. The zero-order chi connectivity index (χ0) is 13.9.